The summed E-state index contributed by atoms with van der Waals surface area (Å²) in [5.74, 6) is -0.536. The first-order chi connectivity index (χ1) is 13.1. The Balaban J connectivity index is 2.22. The number of rotatable bonds is 7. The van der Waals surface area contributed by atoms with Crippen molar-refractivity contribution >= 4 is 15.9 Å². The Hall–Kier alpha value is -2.89. The van der Waals surface area contributed by atoms with Crippen molar-refractivity contribution in [1.29, 1.82) is 5.26 Å². The number of nitrogens with zero attached hydrogens (tertiary/aromatic N) is 2. The average Bonchev–Trinajstić information content (AvgIpc) is 3.10. The van der Waals surface area contributed by atoms with E-state index < -0.39 is 21.5 Å². The van der Waals surface area contributed by atoms with Crippen LogP contribution in [0, 0.1) is 11.3 Å². The molecule has 0 radical (unpaired) electrons. The van der Waals surface area contributed by atoms with E-state index in [1.165, 1.54) is 17.0 Å². The Morgan fingerprint density at radius 2 is 1.89 bits per heavy atom. The minimum atomic E-state index is -3.87. The maximum absolute atomic E-state index is 12.8. The van der Waals surface area contributed by atoms with Crippen molar-refractivity contribution < 1.29 is 17.6 Å². The summed E-state index contributed by atoms with van der Waals surface area (Å²) in [7, 11) is -3.87. The molecule has 0 unspecified atom stereocenters. The molecule has 0 aliphatic rings. The van der Waals surface area contributed by atoms with Crippen molar-refractivity contribution in [2.45, 2.75) is 37.9 Å². The molecule has 2 rings (SSSR count). The monoisotopic (exact) mass is 401 g/mol. The summed E-state index contributed by atoms with van der Waals surface area (Å²) >= 11 is 0. The van der Waals surface area contributed by atoms with Crippen LogP contribution in [-0.2, 0) is 16.6 Å². The first-order valence-electron chi connectivity index (χ1n) is 8.59. The fourth-order valence-electron chi connectivity index (χ4n) is 2.47. The molecule has 0 spiro atoms. The third kappa shape index (κ3) is 5.55. The number of benzene rings is 1. The summed E-state index contributed by atoms with van der Waals surface area (Å²) < 4.78 is 32.5. The lowest BCUT2D eigenvalue weighted by atomic mass is 10.1. The summed E-state index contributed by atoms with van der Waals surface area (Å²) in [4.78, 5) is 14.3. The predicted molar refractivity (Wildman–Crippen MR) is 105 cm³/mol. The quantitative estimate of drug-likeness (QED) is 0.718. The molecule has 8 heteroatoms. The molecule has 0 fully saturated rings. The summed E-state index contributed by atoms with van der Waals surface area (Å²) in [6.07, 6.45) is 1.57. The van der Waals surface area contributed by atoms with Gasteiger partial charge in [0.2, 0.25) is 5.09 Å². The summed E-state index contributed by atoms with van der Waals surface area (Å²) in [6.45, 7) is 9.31. The van der Waals surface area contributed by atoms with Gasteiger partial charge in [0.1, 0.15) is 0 Å². The average molecular weight is 401 g/mol. The lowest BCUT2D eigenvalue weighted by Crippen LogP contribution is -2.40. The largest absolute Gasteiger partial charge is 0.438 e. The maximum atomic E-state index is 12.8. The van der Waals surface area contributed by atoms with Crippen molar-refractivity contribution in [3.05, 3.63) is 65.9 Å². The maximum Gasteiger partial charge on any atom is 0.290 e. The Morgan fingerprint density at radius 1 is 1.25 bits per heavy atom. The first kappa shape index (κ1) is 21.4. The number of carbonyl (C=O) groups is 1. The molecule has 148 valence electrons. The fraction of sp³-hybridized carbons (Fsp3) is 0.300. The van der Waals surface area contributed by atoms with Crippen LogP contribution in [0.3, 0.4) is 0 Å². The van der Waals surface area contributed by atoms with Crippen LogP contribution in [0.2, 0.25) is 0 Å². The molecule has 0 saturated carbocycles. The zero-order valence-electron chi connectivity index (χ0n) is 16.1. The molecule has 1 N–H and O–H groups in total. The van der Waals surface area contributed by atoms with E-state index in [1.54, 1.807) is 51.1 Å². The van der Waals surface area contributed by atoms with Gasteiger partial charge in [0.25, 0.3) is 15.9 Å². The van der Waals surface area contributed by atoms with Gasteiger partial charge in [-0.1, -0.05) is 18.2 Å². The first-order valence-corrected chi connectivity index (χ1v) is 10.1. The number of amides is 1. The summed E-state index contributed by atoms with van der Waals surface area (Å²) in [5, 5.41) is 8.56. The van der Waals surface area contributed by atoms with E-state index in [2.05, 4.69) is 11.3 Å². The van der Waals surface area contributed by atoms with E-state index in [9.17, 15) is 13.2 Å². The molecule has 28 heavy (non-hydrogen) atoms. The van der Waals surface area contributed by atoms with Crippen LogP contribution in [0.1, 0.15) is 42.5 Å². The zero-order valence-corrected chi connectivity index (χ0v) is 16.9. The number of nitrogens with one attached hydrogen (secondary N) is 1. The van der Waals surface area contributed by atoms with Gasteiger partial charge in [-0.2, -0.15) is 5.26 Å². The molecule has 2 aromatic rings. The number of nitriles is 1. The van der Waals surface area contributed by atoms with Gasteiger partial charge in [-0.15, -0.1) is 6.58 Å². The van der Waals surface area contributed by atoms with Gasteiger partial charge >= 0.3 is 0 Å². The lowest BCUT2D eigenvalue weighted by molar-refractivity contribution is 0.0725. The Kier molecular flexibility index (Phi) is 6.44. The molecule has 0 saturated heterocycles. The highest BCUT2D eigenvalue weighted by atomic mass is 32.2. The number of hydrogen-bond acceptors (Lipinski definition) is 5. The molecule has 1 amide bonds. The number of furan rings is 1. The van der Waals surface area contributed by atoms with Gasteiger partial charge in [0.15, 0.2) is 5.76 Å². The minimum absolute atomic E-state index is 0.0789. The third-order valence-corrected chi connectivity index (χ3v) is 5.22. The van der Waals surface area contributed by atoms with Crippen molar-refractivity contribution in [3.63, 3.8) is 0 Å². The van der Waals surface area contributed by atoms with Gasteiger partial charge < -0.3 is 9.32 Å². The number of hydrogen-bond donors (Lipinski definition) is 1. The Morgan fingerprint density at radius 3 is 2.43 bits per heavy atom. The predicted octanol–water partition coefficient (Wildman–Crippen LogP) is 3.06. The SMILES string of the molecule is C=CCN(Cc1ccc(C#N)cc1)C(=O)c1ccc(S(=O)(=O)NC(C)(C)C)o1. The highest BCUT2D eigenvalue weighted by Crippen LogP contribution is 2.19. The molecule has 7 nitrogen and oxygen atoms in total. The fourth-order valence-corrected chi connectivity index (χ4v) is 3.82. The molecule has 0 aliphatic heterocycles. The lowest BCUT2D eigenvalue weighted by Gasteiger charge is -2.20. The molecule has 1 heterocycles. The number of sulfonamides is 1. The zero-order chi connectivity index (χ0) is 20.9. The van der Waals surface area contributed by atoms with Gasteiger partial charge in [-0.25, -0.2) is 13.1 Å². The molecule has 0 aliphatic carbocycles. The van der Waals surface area contributed by atoms with E-state index >= 15 is 0 Å². The van der Waals surface area contributed by atoms with E-state index in [-0.39, 0.29) is 23.9 Å². The van der Waals surface area contributed by atoms with E-state index in [1.807, 2.05) is 6.07 Å². The minimum Gasteiger partial charge on any atom is -0.438 e. The smallest absolute Gasteiger partial charge is 0.290 e. The van der Waals surface area contributed by atoms with Gasteiger partial charge in [0, 0.05) is 18.6 Å². The van der Waals surface area contributed by atoms with Crippen LogP contribution in [0.25, 0.3) is 0 Å². The normalized spacial score (nSPS) is 11.6. The van der Waals surface area contributed by atoms with Crippen LogP contribution in [0.15, 0.2) is 58.6 Å². The second kappa shape index (κ2) is 8.42. The molecule has 0 bridgehead atoms. The highest BCUT2D eigenvalue weighted by Gasteiger charge is 2.27. The van der Waals surface area contributed by atoms with Gasteiger partial charge in [-0.05, 0) is 50.6 Å². The van der Waals surface area contributed by atoms with E-state index in [0.717, 1.165) is 5.56 Å². The Labute approximate surface area is 165 Å². The standard InChI is InChI=1S/C20H23N3O4S/c1-5-12-23(14-16-8-6-15(13-21)7-9-16)19(24)17-10-11-18(27-17)28(25,26)22-20(2,3)4/h5-11,22H,1,12,14H2,2-4H3. The summed E-state index contributed by atoms with van der Waals surface area (Å²) in [6, 6.07) is 11.5. The van der Waals surface area contributed by atoms with Crippen molar-refractivity contribution in [1.82, 2.24) is 9.62 Å². The molecule has 0 atom stereocenters. The van der Waals surface area contributed by atoms with Crippen LogP contribution in [-0.4, -0.2) is 31.3 Å². The van der Waals surface area contributed by atoms with Crippen LogP contribution >= 0.6 is 0 Å². The van der Waals surface area contributed by atoms with E-state index in [4.69, 9.17) is 9.68 Å². The molecular formula is C20H23N3O4S. The highest BCUT2D eigenvalue weighted by molar-refractivity contribution is 7.89. The van der Waals surface area contributed by atoms with Crippen LogP contribution in [0.5, 0.6) is 0 Å². The molecule has 1 aromatic carbocycles. The third-order valence-electron chi connectivity index (χ3n) is 3.59. The molecule has 1 aromatic heterocycles. The molecular weight excluding hydrogens is 378 g/mol. The van der Waals surface area contributed by atoms with E-state index in [0.29, 0.717) is 5.56 Å². The van der Waals surface area contributed by atoms with Crippen molar-refractivity contribution in [3.8, 4) is 6.07 Å². The summed E-state index contributed by atoms with van der Waals surface area (Å²) in [5.41, 5.74) is 0.667. The van der Waals surface area contributed by atoms with Gasteiger partial charge in [0.05, 0.1) is 11.6 Å². The van der Waals surface area contributed by atoms with Gasteiger partial charge in [-0.3, -0.25) is 4.79 Å². The van der Waals surface area contributed by atoms with Crippen molar-refractivity contribution in [2.75, 3.05) is 6.54 Å². The Bertz CT molecular complexity index is 993. The van der Waals surface area contributed by atoms with Crippen molar-refractivity contribution in [2.24, 2.45) is 0 Å². The second-order valence-electron chi connectivity index (χ2n) is 7.26. The second-order valence-corrected chi connectivity index (χ2v) is 8.87. The van der Waals surface area contributed by atoms with Crippen LogP contribution in [0.4, 0.5) is 0 Å². The topological polar surface area (TPSA) is 103 Å². The number of carbonyl (C=O) groups excluding carboxylic acids is 1. The van der Waals surface area contributed by atoms with Crippen LogP contribution < -0.4 is 4.72 Å².